The molecule has 6 aromatic rings. The number of methoxy groups -OCH3 is 1. The number of phenols is 2. The van der Waals surface area contributed by atoms with E-state index in [0.717, 1.165) is 17.5 Å². The van der Waals surface area contributed by atoms with Crippen molar-refractivity contribution in [3.63, 3.8) is 0 Å². The van der Waals surface area contributed by atoms with Crippen LogP contribution in [0, 0.1) is 0 Å². The van der Waals surface area contributed by atoms with Crippen LogP contribution in [0.4, 0.5) is 0 Å². The summed E-state index contributed by atoms with van der Waals surface area (Å²) in [5, 5.41) is 20.6. The van der Waals surface area contributed by atoms with E-state index in [9.17, 15) is 15.0 Å². The van der Waals surface area contributed by atoms with E-state index in [1.165, 1.54) is 63.9 Å². The molecule has 6 rings (SSSR count). The van der Waals surface area contributed by atoms with E-state index < -0.39 is 0 Å². The van der Waals surface area contributed by atoms with Crippen LogP contribution in [0.1, 0.15) is 87.1 Å². The Kier molecular flexibility index (Phi) is 15.8. The van der Waals surface area contributed by atoms with E-state index >= 15 is 0 Å². The Bertz CT molecular complexity index is 2000. The van der Waals surface area contributed by atoms with Gasteiger partial charge in [-0.15, -0.1) is 0 Å². The smallest absolute Gasteiger partial charge is 0.196 e. The second-order valence-corrected chi connectivity index (χ2v) is 13.3. The summed E-state index contributed by atoms with van der Waals surface area (Å²) < 4.78 is 10.9. The highest BCUT2D eigenvalue weighted by atomic mass is 16.5. The van der Waals surface area contributed by atoms with E-state index in [1.807, 2.05) is 78.9 Å². The molecule has 5 aromatic carbocycles. The Morgan fingerprint density at radius 3 is 1.56 bits per heavy atom. The van der Waals surface area contributed by atoms with Gasteiger partial charge in [-0.25, -0.2) is 15.0 Å². The molecule has 8 heteroatoms. The second kappa shape index (κ2) is 21.6. The van der Waals surface area contributed by atoms with Crippen LogP contribution in [0.3, 0.4) is 0 Å². The zero-order chi connectivity index (χ0) is 38.7. The number of rotatable bonds is 18. The fourth-order valence-electron chi connectivity index (χ4n) is 6.07. The van der Waals surface area contributed by atoms with E-state index in [1.54, 1.807) is 49.6 Å². The van der Waals surface area contributed by atoms with Crippen molar-refractivity contribution in [3.05, 3.63) is 139 Å². The molecule has 0 atom stereocenters. The maximum absolute atomic E-state index is 12.4. The first-order valence-electron chi connectivity index (χ1n) is 19.3. The van der Waals surface area contributed by atoms with Crippen molar-refractivity contribution < 1.29 is 24.5 Å². The molecular weight excluding hydrogens is 687 g/mol. The molecule has 0 spiro atoms. The highest BCUT2D eigenvalue weighted by Gasteiger charge is 2.16. The van der Waals surface area contributed by atoms with Gasteiger partial charge in [0, 0.05) is 28.8 Å². The number of phenolic OH excluding ortho intramolecular Hbond substituents is 2. The Balaban J connectivity index is 0.000000211. The van der Waals surface area contributed by atoms with Gasteiger partial charge in [0.2, 0.25) is 0 Å². The molecule has 1 heterocycles. The first kappa shape index (κ1) is 40.2. The normalized spacial score (nSPS) is 10.7. The number of aromatic hydroxyl groups is 2. The summed E-state index contributed by atoms with van der Waals surface area (Å²) in [5.41, 5.74) is 3.15. The predicted octanol–water partition coefficient (Wildman–Crippen LogP) is 11.5. The van der Waals surface area contributed by atoms with Crippen molar-refractivity contribution in [2.24, 2.45) is 0 Å². The van der Waals surface area contributed by atoms with E-state index in [-0.39, 0.29) is 17.3 Å². The number of hydrogen-bond donors (Lipinski definition) is 2. The number of nitrogens with zero attached hydrogens (tertiary/aromatic N) is 3. The lowest BCUT2D eigenvalue weighted by Gasteiger charge is -2.10. The monoisotopic (exact) mass is 737 g/mol. The number of ether oxygens (including phenoxy) is 2. The molecule has 0 amide bonds. The molecule has 1 aromatic heterocycles. The molecule has 0 radical (unpaired) electrons. The Hall–Kier alpha value is -6.02. The van der Waals surface area contributed by atoms with Crippen LogP contribution < -0.4 is 9.47 Å². The first-order valence-corrected chi connectivity index (χ1v) is 19.3. The summed E-state index contributed by atoms with van der Waals surface area (Å²) in [6, 6.07) is 38.4. The van der Waals surface area contributed by atoms with Crippen molar-refractivity contribution in [3.8, 4) is 57.2 Å². The van der Waals surface area contributed by atoms with Crippen LogP contribution in [-0.2, 0) is 0 Å². The minimum atomic E-state index is -0.181. The topological polar surface area (TPSA) is 115 Å². The average Bonchev–Trinajstić information content (AvgIpc) is 3.23. The minimum Gasteiger partial charge on any atom is -0.507 e. The summed E-state index contributed by atoms with van der Waals surface area (Å²) in [6.45, 7) is 2.89. The van der Waals surface area contributed by atoms with Gasteiger partial charge in [0.25, 0.3) is 0 Å². The third kappa shape index (κ3) is 12.3. The zero-order valence-electron chi connectivity index (χ0n) is 31.9. The molecule has 0 unspecified atom stereocenters. The fraction of sp³-hybridized carbons (Fsp3) is 0.277. The van der Waals surface area contributed by atoms with Crippen molar-refractivity contribution in [1.29, 1.82) is 0 Å². The molecule has 8 nitrogen and oxygen atoms in total. The summed E-state index contributed by atoms with van der Waals surface area (Å²) in [5.74, 6) is 2.52. The molecular formula is C47H51N3O5. The quantitative estimate of drug-likeness (QED) is 0.0662. The SMILES string of the molecule is CCCCCCCCCCCCOc1ccc(C(=O)c2ccccc2)c(O)c1.COc1ccc(-c2nc(-c3ccccc3)nc(-c3ccccc3)n2)c(O)c1. The number of ketones is 1. The lowest BCUT2D eigenvalue weighted by atomic mass is 10.0. The Morgan fingerprint density at radius 1 is 0.545 bits per heavy atom. The second-order valence-electron chi connectivity index (χ2n) is 13.3. The van der Waals surface area contributed by atoms with Crippen molar-refractivity contribution in [2.75, 3.05) is 13.7 Å². The van der Waals surface area contributed by atoms with Gasteiger partial charge in [-0.1, -0.05) is 156 Å². The molecule has 0 aliphatic rings. The van der Waals surface area contributed by atoms with Crippen LogP contribution in [0.2, 0.25) is 0 Å². The molecule has 55 heavy (non-hydrogen) atoms. The van der Waals surface area contributed by atoms with Gasteiger partial charge in [0.1, 0.15) is 23.0 Å². The number of carbonyl (C=O) groups is 1. The lowest BCUT2D eigenvalue weighted by Crippen LogP contribution is -2.02. The minimum absolute atomic E-state index is 0.0329. The van der Waals surface area contributed by atoms with Gasteiger partial charge in [0.05, 0.1) is 24.8 Å². The van der Waals surface area contributed by atoms with Crippen molar-refractivity contribution >= 4 is 5.78 Å². The van der Waals surface area contributed by atoms with Crippen LogP contribution in [-0.4, -0.2) is 44.7 Å². The number of unbranched alkanes of at least 4 members (excludes halogenated alkanes) is 9. The van der Waals surface area contributed by atoms with Crippen LogP contribution in [0.5, 0.6) is 23.0 Å². The number of benzene rings is 5. The van der Waals surface area contributed by atoms with Crippen molar-refractivity contribution in [2.45, 2.75) is 71.1 Å². The average molecular weight is 738 g/mol. The van der Waals surface area contributed by atoms with E-state index in [0.29, 0.717) is 52.3 Å². The maximum atomic E-state index is 12.4. The third-order valence-corrected chi connectivity index (χ3v) is 9.16. The van der Waals surface area contributed by atoms with Gasteiger partial charge < -0.3 is 19.7 Å². The summed E-state index contributed by atoms with van der Waals surface area (Å²) in [6.07, 6.45) is 12.9. The Morgan fingerprint density at radius 2 is 1.04 bits per heavy atom. The molecule has 284 valence electrons. The number of hydrogen-bond acceptors (Lipinski definition) is 8. The number of aromatic nitrogens is 3. The van der Waals surface area contributed by atoms with Crippen LogP contribution in [0.25, 0.3) is 34.2 Å². The predicted molar refractivity (Wildman–Crippen MR) is 220 cm³/mol. The van der Waals surface area contributed by atoms with Gasteiger partial charge in [-0.3, -0.25) is 4.79 Å². The van der Waals surface area contributed by atoms with Gasteiger partial charge >= 0.3 is 0 Å². The third-order valence-electron chi connectivity index (χ3n) is 9.16. The summed E-state index contributed by atoms with van der Waals surface area (Å²) in [4.78, 5) is 26.3. The fourth-order valence-corrected chi connectivity index (χ4v) is 6.07. The van der Waals surface area contributed by atoms with Crippen molar-refractivity contribution in [1.82, 2.24) is 15.0 Å². The largest absolute Gasteiger partial charge is 0.507 e. The Labute approximate surface area is 324 Å². The molecule has 0 saturated heterocycles. The highest BCUT2D eigenvalue weighted by Crippen LogP contribution is 2.32. The first-order chi connectivity index (χ1) is 27.0. The van der Waals surface area contributed by atoms with Gasteiger partial charge in [-0.2, -0.15) is 0 Å². The molecule has 0 saturated carbocycles. The lowest BCUT2D eigenvalue weighted by molar-refractivity contribution is 0.103. The standard InChI is InChI=1S/C25H34O3.C22H17N3O2/c1-2-3-4-5-6-7-8-9-10-14-19-28-22-17-18-23(24(26)20-22)25(27)21-15-12-11-13-16-21;1-27-17-12-13-18(19(26)14-17)22-24-20(15-8-4-2-5-9-15)23-21(25-22)16-10-6-3-7-11-16/h11-13,15-18,20,26H,2-10,14,19H2,1H3;2-14,26H,1H3. The van der Waals surface area contributed by atoms with Gasteiger partial charge in [0.15, 0.2) is 23.3 Å². The van der Waals surface area contributed by atoms with E-state index in [2.05, 4.69) is 21.9 Å². The van der Waals surface area contributed by atoms with Crippen LogP contribution in [0.15, 0.2) is 127 Å². The highest BCUT2D eigenvalue weighted by molar-refractivity contribution is 6.10. The molecule has 0 bridgehead atoms. The van der Waals surface area contributed by atoms with Gasteiger partial charge in [-0.05, 0) is 30.7 Å². The van der Waals surface area contributed by atoms with Crippen LogP contribution >= 0.6 is 0 Å². The molecule has 2 N–H and O–H groups in total. The molecule has 0 fully saturated rings. The molecule has 0 aliphatic carbocycles. The van der Waals surface area contributed by atoms with E-state index in [4.69, 9.17) is 9.47 Å². The summed E-state index contributed by atoms with van der Waals surface area (Å²) in [7, 11) is 1.55. The maximum Gasteiger partial charge on any atom is 0.196 e. The molecule has 0 aliphatic heterocycles. The summed E-state index contributed by atoms with van der Waals surface area (Å²) >= 11 is 0. The zero-order valence-corrected chi connectivity index (χ0v) is 31.9. The number of carbonyl (C=O) groups excluding carboxylic acids is 1.